The molecule has 2 rings (SSSR count). The SMILES string of the molecule is NCC1(N)CC2CC[C-]1C2.[Cl][Pt][Cl]. The van der Waals surface area contributed by atoms with Gasteiger partial charge in [0.1, 0.15) is 0 Å². The molecule has 0 heterocycles. The third kappa shape index (κ3) is 2.82. The first-order valence-electron chi connectivity index (χ1n) is 4.32. The van der Waals surface area contributed by atoms with Crippen LogP contribution in [0.1, 0.15) is 25.7 Å². The van der Waals surface area contributed by atoms with Gasteiger partial charge in [-0.05, 0) is 6.54 Å². The average Bonchev–Trinajstić information content (AvgIpc) is 2.65. The van der Waals surface area contributed by atoms with E-state index in [0.29, 0.717) is 6.54 Å². The van der Waals surface area contributed by atoms with Gasteiger partial charge in [-0.2, -0.15) is 12.8 Å². The summed E-state index contributed by atoms with van der Waals surface area (Å²) in [6.07, 6.45) is 5.04. The summed E-state index contributed by atoms with van der Waals surface area (Å²) >= 11 is -0.472. The van der Waals surface area contributed by atoms with Crippen molar-refractivity contribution in [3.8, 4) is 0 Å². The molecular weight excluding hydrogens is 390 g/mol. The minimum absolute atomic E-state index is 0.0527. The molecule has 0 radical (unpaired) electrons. The summed E-state index contributed by atoms with van der Waals surface area (Å²) in [6, 6.07) is 0. The van der Waals surface area contributed by atoms with Gasteiger partial charge in [-0.15, -0.1) is 0 Å². The van der Waals surface area contributed by atoms with Crippen LogP contribution < -0.4 is 11.5 Å². The molecule has 2 bridgehead atoms. The summed E-state index contributed by atoms with van der Waals surface area (Å²) in [5.74, 6) is 2.42. The number of nitrogens with two attached hydrogens (primary N) is 2. The second kappa shape index (κ2) is 5.32. The molecule has 2 nitrogen and oxygen atoms in total. The molecular formula is C8H15Cl2N2Pt-. The van der Waals surface area contributed by atoms with Gasteiger partial charge in [-0.3, -0.25) is 5.92 Å². The van der Waals surface area contributed by atoms with Gasteiger partial charge >= 0.3 is 35.3 Å². The number of hydrogen-bond donors (Lipinski definition) is 2. The van der Waals surface area contributed by atoms with Crippen molar-refractivity contribution in [2.24, 2.45) is 17.4 Å². The summed E-state index contributed by atoms with van der Waals surface area (Å²) in [7, 11) is 9.75. The van der Waals surface area contributed by atoms with Crippen LogP contribution in [-0.4, -0.2) is 12.1 Å². The predicted molar refractivity (Wildman–Crippen MR) is 52.9 cm³/mol. The molecule has 0 aromatic carbocycles. The fourth-order valence-corrected chi connectivity index (χ4v) is 2.44. The molecule has 4 N–H and O–H groups in total. The molecule has 0 aromatic rings. The Balaban J connectivity index is 0.000000251. The van der Waals surface area contributed by atoms with Gasteiger partial charge in [-0.1, -0.05) is 24.3 Å². The fourth-order valence-electron chi connectivity index (χ4n) is 2.44. The van der Waals surface area contributed by atoms with Crippen molar-refractivity contribution in [2.75, 3.05) is 6.54 Å². The molecule has 5 heteroatoms. The van der Waals surface area contributed by atoms with E-state index >= 15 is 0 Å². The fraction of sp³-hybridized carbons (Fsp3) is 0.875. The van der Waals surface area contributed by atoms with E-state index in [2.05, 4.69) is 0 Å². The molecule has 13 heavy (non-hydrogen) atoms. The van der Waals surface area contributed by atoms with Crippen LogP contribution in [0.3, 0.4) is 0 Å². The van der Waals surface area contributed by atoms with E-state index in [1.54, 1.807) is 5.92 Å². The van der Waals surface area contributed by atoms with Crippen molar-refractivity contribution in [1.29, 1.82) is 0 Å². The Morgan fingerprint density at radius 3 is 2.38 bits per heavy atom. The van der Waals surface area contributed by atoms with Crippen LogP contribution in [0.15, 0.2) is 0 Å². The summed E-state index contributed by atoms with van der Waals surface area (Å²) in [6.45, 7) is 0.652. The Hall–Kier alpha value is 1.19. The molecule has 0 amide bonds. The molecule has 2 aliphatic rings. The van der Waals surface area contributed by atoms with Crippen LogP contribution in [0, 0.1) is 11.8 Å². The Morgan fingerprint density at radius 2 is 2.15 bits per heavy atom. The van der Waals surface area contributed by atoms with Gasteiger partial charge < -0.3 is 11.5 Å². The first-order chi connectivity index (χ1) is 6.16. The zero-order valence-corrected chi connectivity index (χ0v) is 11.1. The van der Waals surface area contributed by atoms with Crippen LogP contribution in [0.4, 0.5) is 0 Å². The number of halogens is 2. The minimum atomic E-state index is -0.472. The zero-order valence-electron chi connectivity index (χ0n) is 7.34. The van der Waals surface area contributed by atoms with E-state index in [1.165, 1.54) is 19.3 Å². The Kier molecular flexibility index (Phi) is 5.02. The molecule has 2 aliphatic carbocycles. The van der Waals surface area contributed by atoms with Crippen LogP contribution in [0.25, 0.3) is 0 Å². The quantitative estimate of drug-likeness (QED) is 0.654. The molecule has 2 fully saturated rings. The first-order valence-corrected chi connectivity index (χ1v) is 9.96. The van der Waals surface area contributed by atoms with Crippen molar-refractivity contribution in [1.82, 2.24) is 0 Å². The standard InChI is InChI=1S/C8H15N2.2ClH.Pt/c9-5-8(10)4-6-1-2-7(8)3-6;;;/h6H,1-5,9-10H2;2*1H;/q-1;;;+2/p-2. The van der Waals surface area contributed by atoms with Crippen molar-refractivity contribution in [3.63, 3.8) is 0 Å². The van der Waals surface area contributed by atoms with E-state index in [0.717, 1.165) is 12.3 Å². The molecule has 0 spiro atoms. The molecule has 2 atom stereocenters. The van der Waals surface area contributed by atoms with Gasteiger partial charge in [0.2, 0.25) is 0 Å². The number of fused-ring (bicyclic) bond motifs is 2. The van der Waals surface area contributed by atoms with Gasteiger partial charge in [0, 0.05) is 0 Å². The maximum atomic E-state index is 6.08. The molecule has 82 valence electrons. The van der Waals surface area contributed by atoms with Crippen LogP contribution >= 0.6 is 18.8 Å². The Morgan fingerprint density at radius 1 is 1.54 bits per heavy atom. The average molecular weight is 405 g/mol. The summed E-state index contributed by atoms with van der Waals surface area (Å²) in [4.78, 5) is 0. The van der Waals surface area contributed by atoms with Crippen molar-refractivity contribution < 1.29 is 16.5 Å². The van der Waals surface area contributed by atoms with Crippen molar-refractivity contribution >= 4 is 18.8 Å². The monoisotopic (exact) mass is 404 g/mol. The van der Waals surface area contributed by atoms with Gasteiger partial charge in [-0.25, -0.2) is 0 Å². The molecule has 2 unspecified atom stereocenters. The van der Waals surface area contributed by atoms with E-state index in [1.807, 2.05) is 0 Å². The molecule has 0 aromatic heterocycles. The van der Waals surface area contributed by atoms with Crippen molar-refractivity contribution in [2.45, 2.75) is 31.2 Å². The number of hydrogen-bond acceptors (Lipinski definition) is 2. The summed E-state index contributed by atoms with van der Waals surface area (Å²) in [5.41, 5.74) is 11.6. The molecule has 0 saturated heterocycles. The van der Waals surface area contributed by atoms with Gasteiger partial charge in [0.05, 0.1) is 0 Å². The second-order valence-electron chi connectivity index (χ2n) is 3.82. The third-order valence-corrected chi connectivity index (χ3v) is 3.11. The van der Waals surface area contributed by atoms with Crippen LogP contribution in [0.2, 0.25) is 0 Å². The molecule has 0 aliphatic heterocycles. The van der Waals surface area contributed by atoms with Crippen LogP contribution in [0.5, 0.6) is 0 Å². The predicted octanol–water partition coefficient (Wildman–Crippen LogP) is 1.80. The van der Waals surface area contributed by atoms with Crippen molar-refractivity contribution in [3.05, 3.63) is 5.92 Å². The Bertz CT molecular complexity index is 170. The summed E-state index contributed by atoms with van der Waals surface area (Å²) in [5, 5.41) is 0. The van der Waals surface area contributed by atoms with Gasteiger partial charge in [0.25, 0.3) is 0 Å². The molecule has 2 saturated carbocycles. The van der Waals surface area contributed by atoms with E-state index in [-0.39, 0.29) is 5.54 Å². The Labute approximate surface area is 96.1 Å². The normalized spacial score (nSPS) is 37.7. The third-order valence-electron chi connectivity index (χ3n) is 3.11. The zero-order chi connectivity index (χ0) is 9.90. The summed E-state index contributed by atoms with van der Waals surface area (Å²) < 4.78 is 0. The van der Waals surface area contributed by atoms with E-state index in [4.69, 9.17) is 30.3 Å². The first kappa shape index (κ1) is 12.3. The second-order valence-corrected chi connectivity index (χ2v) is 7.10. The van der Waals surface area contributed by atoms with E-state index < -0.39 is 16.5 Å². The number of rotatable bonds is 1. The van der Waals surface area contributed by atoms with Crippen LogP contribution in [-0.2, 0) is 16.5 Å². The van der Waals surface area contributed by atoms with Gasteiger partial charge in [0.15, 0.2) is 0 Å². The topological polar surface area (TPSA) is 52.0 Å². The maximum absolute atomic E-state index is 6.08. The van der Waals surface area contributed by atoms with E-state index in [9.17, 15) is 0 Å².